The minimum absolute atomic E-state index is 0.0116. The molecule has 1 aliphatic heterocycles. The summed E-state index contributed by atoms with van der Waals surface area (Å²) in [6.07, 6.45) is 3.33. The lowest BCUT2D eigenvalue weighted by molar-refractivity contribution is -0.707. The minimum atomic E-state index is -1.18. The Morgan fingerprint density at radius 1 is 1.08 bits per heavy atom. The molecular formula is C32H38ClN9O6. The number of hydrazine groups is 1. The van der Waals surface area contributed by atoms with Gasteiger partial charge in [0.05, 0.1) is 18.1 Å². The Kier molecular flexibility index (Phi) is 11.9. The van der Waals surface area contributed by atoms with E-state index in [0.717, 1.165) is 47.9 Å². The largest absolute Gasteiger partial charge is 0.569 e. The number of aryl methyl sites for hydroxylation is 1. The maximum absolute atomic E-state index is 13.4. The second-order valence-corrected chi connectivity index (χ2v) is 11.6. The standard InChI is InChI=1S/C32H38ClN9O6/c1-3-4-12-27-34-30(33)29(32(44)48-22(2)47-28(43)13-9-20-46-39-42(45)40-18-7-8-19-40)41(27)21-23-14-16-24(17-15-23)25-10-5-6-11-26(25)31-35-37-38-36-31/h5-6,10-11,14-17,22H,3-4,7-9,12-13,18-21H2,1-2H3,(H,35,36,37,38)/b42-39-. The van der Waals surface area contributed by atoms with E-state index < -0.39 is 18.2 Å². The van der Waals surface area contributed by atoms with E-state index in [1.807, 2.05) is 48.5 Å². The zero-order valence-electron chi connectivity index (χ0n) is 26.9. The van der Waals surface area contributed by atoms with Crippen molar-refractivity contribution in [2.24, 2.45) is 5.28 Å². The van der Waals surface area contributed by atoms with E-state index >= 15 is 0 Å². The van der Waals surface area contributed by atoms with Crippen molar-refractivity contribution in [3.05, 3.63) is 76.0 Å². The van der Waals surface area contributed by atoms with E-state index in [-0.39, 0.29) is 30.3 Å². The quantitative estimate of drug-likeness (QED) is 0.0395. The molecule has 1 atom stereocenters. The maximum Gasteiger partial charge on any atom is 0.361 e. The van der Waals surface area contributed by atoms with Crippen LogP contribution in [0.3, 0.4) is 0 Å². The third-order valence-corrected chi connectivity index (χ3v) is 7.97. The van der Waals surface area contributed by atoms with Crippen LogP contribution in [0.15, 0.2) is 53.8 Å². The Bertz CT molecular complexity index is 1690. The smallest absolute Gasteiger partial charge is 0.361 e. The van der Waals surface area contributed by atoms with Gasteiger partial charge in [-0.15, -0.1) is 15.2 Å². The summed E-state index contributed by atoms with van der Waals surface area (Å²) in [6.45, 7) is 5.16. The van der Waals surface area contributed by atoms with Crippen LogP contribution in [0.5, 0.6) is 0 Å². The van der Waals surface area contributed by atoms with Crippen LogP contribution < -0.4 is 0 Å². The van der Waals surface area contributed by atoms with Crippen molar-refractivity contribution >= 4 is 23.5 Å². The van der Waals surface area contributed by atoms with Crippen LogP contribution in [0.4, 0.5) is 0 Å². The van der Waals surface area contributed by atoms with E-state index in [0.29, 0.717) is 42.7 Å². The first kappa shape index (κ1) is 34.3. The normalized spacial score (nSPS) is 13.8. The summed E-state index contributed by atoms with van der Waals surface area (Å²) in [4.78, 5) is 35.7. The van der Waals surface area contributed by atoms with Gasteiger partial charge in [0, 0.05) is 31.9 Å². The second kappa shape index (κ2) is 16.7. The van der Waals surface area contributed by atoms with Gasteiger partial charge in [0.15, 0.2) is 10.8 Å². The molecule has 0 bridgehead atoms. The molecule has 0 radical (unpaired) electrons. The van der Waals surface area contributed by atoms with E-state index in [2.05, 4.69) is 37.8 Å². The molecule has 1 aliphatic rings. The predicted molar refractivity (Wildman–Crippen MR) is 173 cm³/mol. The lowest BCUT2D eigenvalue weighted by atomic mass is 9.98. The number of benzene rings is 2. The molecule has 0 spiro atoms. The maximum atomic E-state index is 13.4. The highest BCUT2D eigenvalue weighted by atomic mass is 35.5. The number of unbranched alkanes of at least 4 members (excludes halogenated alkanes) is 1. The van der Waals surface area contributed by atoms with Gasteiger partial charge in [0.25, 0.3) is 0 Å². The van der Waals surface area contributed by atoms with Crippen molar-refractivity contribution in [3.8, 4) is 22.5 Å². The van der Waals surface area contributed by atoms with Crippen molar-refractivity contribution in [2.75, 3.05) is 19.7 Å². The van der Waals surface area contributed by atoms with Crippen LogP contribution in [-0.4, -0.2) is 78.1 Å². The Hall–Kier alpha value is -5.05. The SMILES string of the molecule is CCCCc1nc(Cl)c(C(=O)OC(C)OC(=O)CCCO/N=[N+](\[O-])N2CCCC2)n1Cc1ccc(-c2ccccc2-c2nn[nH]n2)cc1. The van der Waals surface area contributed by atoms with Crippen LogP contribution >= 0.6 is 11.6 Å². The molecule has 2 aromatic carbocycles. The number of aromatic nitrogens is 6. The molecular weight excluding hydrogens is 642 g/mol. The minimum Gasteiger partial charge on any atom is -0.569 e. The van der Waals surface area contributed by atoms with Gasteiger partial charge in [-0.05, 0) is 47.6 Å². The number of carbonyl (C=O) groups excluding carboxylic acids is 2. The second-order valence-electron chi connectivity index (χ2n) is 11.2. The third kappa shape index (κ3) is 8.85. The number of aromatic amines is 1. The highest BCUT2D eigenvalue weighted by molar-refractivity contribution is 6.32. The molecule has 1 fully saturated rings. The number of rotatable bonds is 16. The summed E-state index contributed by atoms with van der Waals surface area (Å²) in [5, 5.41) is 31.3. The molecule has 15 nitrogen and oxygen atoms in total. The summed E-state index contributed by atoms with van der Waals surface area (Å²) in [5.74, 6) is -0.212. The molecule has 3 heterocycles. The summed E-state index contributed by atoms with van der Waals surface area (Å²) in [7, 11) is 0. The lowest BCUT2D eigenvalue weighted by Crippen LogP contribution is -2.27. The number of carbonyl (C=O) groups is 2. The van der Waals surface area contributed by atoms with Crippen molar-refractivity contribution in [3.63, 3.8) is 0 Å². The highest BCUT2D eigenvalue weighted by Crippen LogP contribution is 2.30. The lowest BCUT2D eigenvalue weighted by Gasteiger charge is -2.16. The summed E-state index contributed by atoms with van der Waals surface area (Å²) >= 11 is 6.50. The van der Waals surface area contributed by atoms with Gasteiger partial charge in [0.2, 0.25) is 17.4 Å². The number of halogens is 1. The van der Waals surface area contributed by atoms with E-state index in [9.17, 15) is 14.8 Å². The molecule has 4 aromatic rings. The average Bonchev–Trinajstić information content (AvgIpc) is 3.87. The number of esters is 2. The zero-order valence-corrected chi connectivity index (χ0v) is 27.6. The third-order valence-electron chi connectivity index (χ3n) is 7.71. The number of H-pyrrole nitrogens is 1. The number of ether oxygens (including phenoxy) is 2. The van der Waals surface area contributed by atoms with Gasteiger partial charge in [0.1, 0.15) is 12.4 Å². The Morgan fingerprint density at radius 3 is 2.54 bits per heavy atom. The number of nitrogens with one attached hydrogen (secondary N) is 1. The van der Waals surface area contributed by atoms with E-state index in [1.54, 1.807) is 4.57 Å². The molecule has 0 aliphatic carbocycles. The molecule has 254 valence electrons. The summed E-state index contributed by atoms with van der Waals surface area (Å²) in [6, 6.07) is 15.7. The monoisotopic (exact) mass is 679 g/mol. The highest BCUT2D eigenvalue weighted by Gasteiger charge is 2.26. The summed E-state index contributed by atoms with van der Waals surface area (Å²) in [5.41, 5.74) is 3.73. The molecule has 1 unspecified atom stereocenters. The Morgan fingerprint density at radius 2 is 1.83 bits per heavy atom. The first-order valence-electron chi connectivity index (χ1n) is 16.0. The molecule has 16 heteroatoms. The molecule has 5 rings (SSSR count). The van der Waals surface area contributed by atoms with Crippen LogP contribution in [0.2, 0.25) is 5.15 Å². The predicted octanol–water partition coefficient (Wildman–Crippen LogP) is 5.51. The molecule has 0 amide bonds. The summed E-state index contributed by atoms with van der Waals surface area (Å²) < 4.78 is 12.5. The molecule has 48 heavy (non-hydrogen) atoms. The molecule has 2 aromatic heterocycles. The van der Waals surface area contributed by atoms with Crippen LogP contribution in [-0.2, 0) is 32.1 Å². The van der Waals surface area contributed by atoms with Gasteiger partial charge >= 0.3 is 11.9 Å². The topological polar surface area (TPSA) is 176 Å². The van der Waals surface area contributed by atoms with E-state index in [4.69, 9.17) is 25.9 Å². The Balaban J connectivity index is 1.21. The van der Waals surface area contributed by atoms with Gasteiger partial charge in [-0.3, -0.25) is 4.79 Å². The fourth-order valence-electron chi connectivity index (χ4n) is 5.30. The van der Waals surface area contributed by atoms with Crippen LogP contribution in [0, 0.1) is 5.21 Å². The van der Waals surface area contributed by atoms with Gasteiger partial charge in [-0.1, -0.05) is 73.5 Å². The first-order valence-corrected chi connectivity index (χ1v) is 16.3. The van der Waals surface area contributed by atoms with Gasteiger partial charge < -0.3 is 24.1 Å². The Labute approximate surface area is 282 Å². The molecule has 0 saturated carbocycles. The van der Waals surface area contributed by atoms with E-state index in [1.165, 1.54) is 11.9 Å². The van der Waals surface area contributed by atoms with Crippen molar-refractivity contribution in [2.45, 2.75) is 71.6 Å². The fourth-order valence-corrected chi connectivity index (χ4v) is 5.58. The number of imidazole rings is 1. The van der Waals surface area contributed by atoms with Gasteiger partial charge in [-0.25, -0.2) is 9.78 Å². The fraction of sp³-hybridized carbons (Fsp3) is 0.438. The number of tetrazole rings is 1. The number of hydrogen-bond acceptors (Lipinski definition) is 11. The van der Waals surface area contributed by atoms with Crippen molar-refractivity contribution in [1.82, 2.24) is 35.2 Å². The van der Waals surface area contributed by atoms with Crippen molar-refractivity contribution in [1.29, 1.82) is 0 Å². The number of nitrogens with zero attached hydrogens (tertiary/aromatic N) is 8. The number of hydrogen-bond donors (Lipinski definition) is 1. The molecule has 1 N–H and O–H groups in total. The van der Waals surface area contributed by atoms with Crippen molar-refractivity contribution < 1.29 is 28.9 Å². The zero-order chi connectivity index (χ0) is 33.9. The average molecular weight is 680 g/mol. The van der Waals surface area contributed by atoms with Crippen LogP contribution in [0.1, 0.15) is 74.2 Å². The van der Waals surface area contributed by atoms with Gasteiger partial charge in [-0.2, -0.15) is 5.21 Å². The van der Waals surface area contributed by atoms with Crippen LogP contribution in [0.25, 0.3) is 22.5 Å². The molecule has 1 saturated heterocycles. The first-order chi connectivity index (χ1) is 23.3.